The predicted octanol–water partition coefficient (Wildman–Crippen LogP) is 1.52. The fourth-order valence-corrected chi connectivity index (χ4v) is 2.22. The second-order valence-corrected chi connectivity index (χ2v) is 5.66. The quantitative estimate of drug-likeness (QED) is 0.813. The van der Waals surface area contributed by atoms with E-state index in [0.29, 0.717) is 22.0 Å². The molecular weight excluding hydrogens is 274 g/mol. The lowest BCUT2D eigenvalue weighted by Crippen LogP contribution is -2.21. The Hall–Kier alpha value is -1.73. The molecule has 0 aromatic carbocycles. The van der Waals surface area contributed by atoms with Crippen molar-refractivity contribution in [1.82, 2.24) is 25.3 Å². The summed E-state index contributed by atoms with van der Waals surface area (Å²) >= 11 is 1.24. The van der Waals surface area contributed by atoms with Gasteiger partial charge >= 0.3 is 0 Å². The van der Waals surface area contributed by atoms with E-state index >= 15 is 0 Å². The minimum absolute atomic E-state index is 0.169. The zero-order valence-electron chi connectivity index (χ0n) is 11.7. The summed E-state index contributed by atoms with van der Waals surface area (Å²) in [5, 5.41) is 4.36. The number of hydrogen-bond acceptors (Lipinski definition) is 6. The summed E-state index contributed by atoms with van der Waals surface area (Å²) in [6.07, 6.45) is 3.55. The van der Waals surface area contributed by atoms with Gasteiger partial charge in [0, 0.05) is 42.3 Å². The van der Waals surface area contributed by atoms with Crippen LogP contribution in [0.4, 0.5) is 0 Å². The van der Waals surface area contributed by atoms with Crippen molar-refractivity contribution >= 4 is 11.8 Å². The second kappa shape index (κ2) is 6.62. The normalized spacial score (nSPS) is 11.0. The van der Waals surface area contributed by atoms with Crippen LogP contribution in [0.15, 0.2) is 33.6 Å². The molecule has 2 heterocycles. The van der Waals surface area contributed by atoms with Crippen LogP contribution in [0.3, 0.4) is 0 Å². The number of aromatic nitrogens is 4. The van der Waals surface area contributed by atoms with Crippen LogP contribution in [-0.4, -0.2) is 26.0 Å². The summed E-state index contributed by atoms with van der Waals surface area (Å²) in [7, 11) is 0. The van der Waals surface area contributed by atoms with E-state index < -0.39 is 0 Å². The SMILES string of the molecule is Cc1cc(=O)[nH]c(Sc2ncc(CNC(C)C)cn2)n1. The van der Waals surface area contributed by atoms with Gasteiger partial charge in [0.15, 0.2) is 10.3 Å². The van der Waals surface area contributed by atoms with E-state index in [-0.39, 0.29) is 5.56 Å². The van der Waals surface area contributed by atoms with E-state index in [1.807, 2.05) is 0 Å². The van der Waals surface area contributed by atoms with E-state index in [9.17, 15) is 4.79 Å². The molecule has 0 bridgehead atoms. The molecule has 2 aromatic heterocycles. The molecule has 0 radical (unpaired) electrons. The summed E-state index contributed by atoms with van der Waals surface area (Å²) in [5.41, 5.74) is 1.53. The van der Waals surface area contributed by atoms with Crippen molar-refractivity contribution in [2.75, 3.05) is 0 Å². The number of aryl methyl sites for hydroxylation is 1. The summed E-state index contributed by atoms with van der Waals surface area (Å²) in [6.45, 7) is 6.69. The molecule has 20 heavy (non-hydrogen) atoms. The lowest BCUT2D eigenvalue weighted by atomic mass is 10.3. The van der Waals surface area contributed by atoms with Crippen LogP contribution in [0.5, 0.6) is 0 Å². The Bertz CT molecular complexity index is 623. The van der Waals surface area contributed by atoms with Crippen LogP contribution in [0.2, 0.25) is 0 Å². The number of H-pyrrole nitrogens is 1. The van der Waals surface area contributed by atoms with E-state index in [0.717, 1.165) is 12.1 Å². The first kappa shape index (κ1) is 14.7. The van der Waals surface area contributed by atoms with Crippen molar-refractivity contribution in [3.8, 4) is 0 Å². The van der Waals surface area contributed by atoms with Gasteiger partial charge < -0.3 is 10.3 Å². The molecular formula is C13H17N5OS. The van der Waals surface area contributed by atoms with Crippen LogP contribution < -0.4 is 10.9 Å². The van der Waals surface area contributed by atoms with Crippen LogP contribution >= 0.6 is 11.8 Å². The number of nitrogens with one attached hydrogen (secondary N) is 2. The summed E-state index contributed by atoms with van der Waals surface area (Å²) in [5.74, 6) is 0. The van der Waals surface area contributed by atoms with Gasteiger partial charge in [-0.2, -0.15) is 0 Å². The van der Waals surface area contributed by atoms with Crippen molar-refractivity contribution < 1.29 is 0 Å². The van der Waals surface area contributed by atoms with Crippen molar-refractivity contribution in [1.29, 1.82) is 0 Å². The third-order valence-corrected chi connectivity index (χ3v) is 3.21. The maximum Gasteiger partial charge on any atom is 0.251 e. The Labute approximate surface area is 121 Å². The molecule has 0 unspecified atom stereocenters. The predicted molar refractivity (Wildman–Crippen MR) is 77.7 cm³/mol. The Balaban J connectivity index is 2.05. The minimum atomic E-state index is -0.169. The average Bonchev–Trinajstić information content (AvgIpc) is 2.36. The van der Waals surface area contributed by atoms with Crippen LogP contribution in [-0.2, 0) is 6.54 Å². The van der Waals surface area contributed by atoms with Crippen LogP contribution in [0.25, 0.3) is 0 Å². The van der Waals surface area contributed by atoms with Crippen LogP contribution in [0, 0.1) is 6.92 Å². The standard InChI is InChI=1S/C13H17N5OS/c1-8(2)14-5-10-6-15-12(16-7-10)20-13-17-9(3)4-11(19)18-13/h4,6-8,14H,5H2,1-3H3,(H,17,18,19). The maximum atomic E-state index is 11.3. The topological polar surface area (TPSA) is 83.6 Å². The fraction of sp³-hybridized carbons (Fsp3) is 0.385. The molecule has 0 spiro atoms. The molecule has 2 N–H and O–H groups in total. The van der Waals surface area contributed by atoms with Gasteiger partial charge in [0.2, 0.25) is 0 Å². The van der Waals surface area contributed by atoms with E-state index in [2.05, 4.69) is 39.1 Å². The molecule has 0 saturated heterocycles. The Kier molecular flexibility index (Phi) is 4.86. The molecule has 2 rings (SSSR count). The highest BCUT2D eigenvalue weighted by molar-refractivity contribution is 7.99. The molecule has 0 aliphatic heterocycles. The van der Waals surface area contributed by atoms with Gasteiger partial charge in [0.1, 0.15) is 0 Å². The lowest BCUT2D eigenvalue weighted by molar-refractivity contribution is 0.585. The molecule has 0 amide bonds. The first-order chi connectivity index (χ1) is 9.52. The highest BCUT2D eigenvalue weighted by atomic mass is 32.2. The minimum Gasteiger partial charge on any atom is -0.310 e. The zero-order valence-corrected chi connectivity index (χ0v) is 12.5. The smallest absolute Gasteiger partial charge is 0.251 e. The van der Waals surface area contributed by atoms with Gasteiger partial charge in [-0.3, -0.25) is 4.79 Å². The molecule has 6 nitrogen and oxygen atoms in total. The van der Waals surface area contributed by atoms with Crippen molar-refractivity contribution in [3.63, 3.8) is 0 Å². The molecule has 106 valence electrons. The second-order valence-electron chi connectivity index (χ2n) is 4.70. The Morgan fingerprint density at radius 2 is 2.05 bits per heavy atom. The third kappa shape index (κ3) is 4.43. The summed E-state index contributed by atoms with van der Waals surface area (Å²) in [6, 6.07) is 1.87. The molecule has 7 heteroatoms. The highest BCUT2D eigenvalue weighted by Crippen LogP contribution is 2.19. The molecule has 2 aromatic rings. The summed E-state index contributed by atoms with van der Waals surface area (Å²) < 4.78 is 0. The summed E-state index contributed by atoms with van der Waals surface area (Å²) in [4.78, 5) is 26.8. The van der Waals surface area contributed by atoms with Gasteiger partial charge in [-0.1, -0.05) is 13.8 Å². The monoisotopic (exact) mass is 291 g/mol. The van der Waals surface area contributed by atoms with E-state index in [4.69, 9.17) is 0 Å². The lowest BCUT2D eigenvalue weighted by Gasteiger charge is -2.07. The number of aromatic amines is 1. The Morgan fingerprint density at radius 3 is 2.65 bits per heavy atom. The molecule has 0 atom stereocenters. The van der Waals surface area contributed by atoms with Crippen molar-refractivity contribution in [2.45, 2.75) is 43.7 Å². The van der Waals surface area contributed by atoms with Gasteiger partial charge in [0.25, 0.3) is 5.56 Å². The van der Waals surface area contributed by atoms with Crippen LogP contribution in [0.1, 0.15) is 25.1 Å². The fourth-order valence-electron chi connectivity index (χ4n) is 1.50. The molecule has 0 fully saturated rings. The number of hydrogen-bond donors (Lipinski definition) is 2. The van der Waals surface area contributed by atoms with E-state index in [1.54, 1.807) is 19.3 Å². The molecule has 0 saturated carbocycles. The Morgan fingerprint density at radius 1 is 1.35 bits per heavy atom. The van der Waals surface area contributed by atoms with Crippen molar-refractivity contribution in [3.05, 3.63) is 40.1 Å². The van der Waals surface area contributed by atoms with Gasteiger partial charge in [-0.25, -0.2) is 15.0 Å². The number of rotatable bonds is 5. The first-order valence-corrected chi connectivity index (χ1v) is 7.14. The first-order valence-electron chi connectivity index (χ1n) is 6.33. The van der Waals surface area contributed by atoms with Crippen molar-refractivity contribution in [2.24, 2.45) is 0 Å². The third-order valence-electron chi connectivity index (χ3n) is 2.43. The maximum absolute atomic E-state index is 11.3. The molecule has 0 aliphatic carbocycles. The largest absolute Gasteiger partial charge is 0.310 e. The van der Waals surface area contributed by atoms with Gasteiger partial charge in [-0.15, -0.1) is 0 Å². The van der Waals surface area contributed by atoms with Gasteiger partial charge in [0.05, 0.1) is 0 Å². The molecule has 0 aliphatic rings. The van der Waals surface area contributed by atoms with Gasteiger partial charge in [-0.05, 0) is 18.7 Å². The highest BCUT2D eigenvalue weighted by Gasteiger charge is 2.04. The average molecular weight is 291 g/mol. The number of nitrogens with zero attached hydrogens (tertiary/aromatic N) is 3. The zero-order chi connectivity index (χ0) is 14.5. The van der Waals surface area contributed by atoms with E-state index in [1.165, 1.54) is 17.8 Å².